The summed E-state index contributed by atoms with van der Waals surface area (Å²) in [5.41, 5.74) is 7.50. The molecule has 0 N–H and O–H groups in total. The molecule has 0 saturated heterocycles. The molecule has 2 aromatic heterocycles. The molecule has 0 unspecified atom stereocenters. The minimum Gasteiger partial charge on any atom is -0.455 e. The lowest BCUT2D eigenvalue weighted by Crippen LogP contribution is -2.32. The van der Waals surface area contributed by atoms with Crippen molar-refractivity contribution in [3.8, 4) is 22.8 Å². The summed E-state index contributed by atoms with van der Waals surface area (Å²) in [7, 11) is 2.15. The van der Waals surface area contributed by atoms with Crippen molar-refractivity contribution in [3.63, 3.8) is 0 Å². The first-order chi connectivity index (χ1) is 17.4. The van der Waals surface area contributed by atoms with Crippen LogP contribution in [0, 0.1) is 17.8 Å². The third kappa shape index (κ3) is 3.96. The van der Waals surface area contributed by atoms with E-state index in [1.54, 1.807) is 0 Å². The molecule has 1 aliphatic rings. The molecule has 3 heteroatoms. The molecule has 0 spiro atoms. The average Bonchev–Trinajstić information content (AvgIpc) is 2.81. The lowest BCUT2D eigenvalue weighted by atomic mass is 9.81. The maximum atomic E-state index is 6.95. The molecule has 6 rings (SSSR count). The van der Waals surface area contributed by atoms with Gasteiger partial charge in [-0.3, -0.25) is 4.98 Å². The first-order valence-electron chi connectivity index (χ1n) is 13.4. The van der Waals surface area contributed by atoms with Gasteiger partial charge in [0.1, 0.15) is 18.5 Å². The molecule has 188 valence electrons. The molecule has 0 bridgehead atoms. The van der Waals surface area contributed by atoms with E-state index in [9.17, 15) is 0 Å². The fourth-order valence-corrected chi connectivity index (χ4v) is 6.04. The van der Waals surface area contributed by atoms with Crippen molar-refractivity contribution in [1.82, 2.24) is 4.98 Å². The van der Waals surface area contributed by atoms with Crippen LogP contribution in [0.15, 0.2) is 54.7 Å². The lowest BCUT2D eigenvalue weighted by Gasteiger charge is -2.28. The second-order valence-electron chi connectivity index (χ2n) is 13.2. The summed E-state index contributed by atoms with van der Waals surface area (Å²) >= 11 is 0. The van der Waals surface area contributed by atoms with Crippen LogP contribution in [-0.4, -0.2) is 4.98 Å². The first kappa shape index (κ1) is 23.9. The number of rotatable bonds is 2. The molecular weight excluding hydrogens is 452 g/mol. The SMILES string of the molecule is Cc1c2c(c(CC(C)(C)C)c3ccccc13)Oc1cc3ccc(CC(C)(C)C)nc3c3cc[n+](C)c-2c13. The quantitative estimate of drug-likeness (QED) is 0.180. The van der Waals surface area contributed by atoms with E-state index in [1.165, 1.54) is 33.2 Å². The van der Waals surface area contributed by atoms with Crippen LogP contribution in [0.4, 0.5) is 0 Å². The third-order valence-corrected chi connectivity index (χ3v) is 7.50. The fraction of sp³-hybridized carbons (Fsp3) is 0.353. The van der Waals surface area contributed by atoms with Crippen LogP contribution >= 0.6 is 0 Å². The van der Waals surface area contributed by atoms with Crippen molar-refractivity contribution >= 4 is 32.4 Å². The van der Waals surface area contributed by atoms with Gasteiger partial charge in [0.15, 0.2) is 6.20 Å². The van der Waals surface area contributed by atoms with Crippen LogP contribution in [-0.2, 0) is 19.9 Å². The zero-order valence-corrected chi connectivity index (χ0v) is 23.4. The highest BCUT2D eigenvalue weighted by Crippen LogP contribution is 2.52. The predicted octanol–water partition coefficient (Wildman–Crippen LogP) is 8.62. The molecule has 3 heterocycles. The maximum Gasteiger partial charge on any atom is 0.228 e. The summed E-state index contributed by atoms with van der Waals surface area (Å²) in [5.74, 6) is 1.94. The Bertz CT molecular complexity index is 1730. The van der Waals surface area contributed by atoms with E-state index in [0.29, 0.717) is 0 Å². The standard InChI is InChI=1S/C34H37N2O/c1-20-23-11-9-10-12-24(23)26(19-34(5,6)7)32-28(20)31-29-25(15-16-36(31)8)30-21(17-27(29)37-32)13-14-22(35-30)18-33(2,3)4/h9-17H,18-19H2,1-8H3/q+1. The molecule has 0 fully saturated rings. The number of aromatic nitrogens is 2. The van der Waals surface area contributed by atoms with Crippen LogP contribution in [0.1, 0.15) is 58.4 Å². The summed E-state index contributed by atoms with van der Waals surface area (Å²) in [6.07, 6.45) is 4.07. The van der Waals surface area contributed by atoms with Crippen molar-refractivity contribution < 1.29 is 9.30 Å². The van der Waals surface area contributed by atoms with Crippen LogP contribution in [0.25, 0.3) is 43.7 Å². The minimum absolute atomic E-state index is 0.125. The first-order valence-corrected chi connectivity index (χ1v) is 13.4. The van der Waals surface area contributed by atoms with Crippen molar-refractivity contribution in [2.75, 3.05) is 0 Å². The van der Waals surface area contributed by atoms with E-state index in [4.69, 9.17) is 9.72 Å². The molecule has 3 aromatic carbocycles. The molecule has 1 aliphatic heterocycles. The van der Waals surface area contributed by atoms with Gasteiger partial charge in [0, 0.05) is 28.1 Å². The van der Waals surface area contributed by atoms with E-state index < -0.39 is 0 Å². The van der Waals surface area contributed by atoms with Crippen molar-refractivity contribution in [3.05, 3.63) is 71.5 Å². The number of ether oxygens (including phenoxy) is 1. The van der Waals surface area contributed by atoms with Crippen molar-refractivity contribution in [2.24, 2.45) is 17.9 Å². The van der Waals surface area contributed by atoms with Gasteiger partial charge in [0.05, 0.1) is 16.5 Å². The van der Waals surface area contributed by atoms with Gasteiger partial charge in [0.25, 0.3) is 0 Å². The Morgan fingerprint density at radius 1 is 0.838 bits per heavy atom. The number of pyridine rings is 2. The van der Waals surface area contributed by atoms with E-state index in [0.717, 1.165) is 51.7 Å². The topological polar surface area (TPSA) is 26.0 Å². The third-order valence-electron chi connectivity index (χ3n) is 7.50. The fourth-order valence-electron chi connectivity index (χ4n) is 6.04. The number of hydrogen-bond donors (Lipinski definition) is 0. The normalized spacial score (nSPS) is 13.3. The summed E-state index contributed by atoms with van der Waals surface area (Å²) in [4.78, 5) is 5.19. The number of benzene rings is 3. The molecule has 37 heavy (non-hydrogen) atoms. The Labute approximate surface area is 220 Å². The Kier molecular flexibility index (Phi) is 5.18. The summed E-state index contributed by atoms with van der Waals surface area (Å²) in [6.45, 7) is 16.0. The van der Waals surface area contributed by atoms with Crippen molar-refractivity contribution in [2.45, 2.75) is 61.3 Å². The van der Waals surface area contributed by atoms with Gasteiger partial charge in [-0.05, 0) is 59.1 Å². The van der Waals surface area contributed by atoms with Crippen LogP contribution in [0.3, 0.4) is 0 Å². The highest BCUT2D eigenvalue weighted by molar-refractivity contribution is 6.15. The molecule has 0 aliphatic carbocycles. The summed E-state index contributed by atoms with van der Waals surface area (Å²) < 4.78 is 9.21. The van der Waals surface area contributed by atoms with Gasteiger partial charge in [0.2, 0.25) is 5.69 Å². The Hall–Kier alpha value is -3.46. The van der Waals surface area contributed by atoms with Crippen LogP contribution < -0.4 is 9.30 Å². The highest BCUT2D eigenvalue weighted by atomic mass is 16.5. The second-order valence-corrected chi connectivity index (χ2v) is 13.2. The summed E-state index contributed by atoms with van der Waals surface area (Å²) in [5, 5.41) is 6.04. The molecule has 5 aromatic rings. The highest BCUT2D eigenvalue weighted by Gasteiger charge is 2.34. The number of nitrogens with zero attached hydrogens (tertiary/aromatic N) is 2. The van der Waals surface area contributed by atoms with Gasteiger partial charge in [-0.15, -0.1) is 0 Å². The molecule has 0 saturated carbocycles. The van der Waals surface area contributed by atoms with Gasteiger partial charge < -0.3 is 4.74 Å². The average molecular weight is 490 g/mol. The monoisotopic (exact) mass is 489 g/mol. The number of fused-ring (bicyclic) bond motifs is 5. The van der Waals surface area contributed by atoms with Gasteiger partial charge in [-0.2, -0.15) is 0 Å². The zero-order valence-electron chi connectivity index (χ0n) is 23.4. The Morgan fingerprint density at radius 2 is 1.54 bits per heavy atom. The smallest absolute Gasteiger partial charge is 0.228 e. The largest absolute Gasteiger partial charge is 0.455 e. The van der Waals surface area contributed by atoms with Crippen LogP contribution in [0.2, 0.25) is 0 Å². The lowest BCUT2D eigenvalue weighted by molar-refractivity contribution is -0.659. The van der Waals surface area contributed by atoms with Gasteiger partial charge in [-0.25, -0.2) is 4.57 Å². The maximum absolute atomic E-state index is 6.95. The van der Waals surface area contributed by atoms with Gasteiger partial charge >= 0.3 is 0 Å². The molecular formula is C34H37N2O+. The van der Waals surface area contributed by atoms with Crippen LogP contribution in [0.5, 0.6) is 11.5 Å². The van der Waals surface area contributed by atoms with Gasteiger partial charge in [-0.1, -0.05) is 71.9 Å². The Balaban J connectivity index is 1.72. The molecule has 0 atom stereocenters. The second kappa shape index (κ2) is 8.02. The zero-order chi connectivity index (χ0) is 26.3. The number of aryl methyl sites for hydroxylation is 2. The molecule has 0 amide bonds. The number of hydrogen-bond acceptors (Lipinski definition) is 2. The molecule has 3 nitrogen and oxygen atoms in total. The Morgan fingerprint density at radius 3 is 2.24 bits per heavy atom. The van der Waals surface area contributed by atoms with E-state index in [1.807, 2.05) is 0 Å². The van der Waals surface area contributed by atoms with E-state index in [2.05, 4.69) is 115 Å². The van der Waals surface area contributed by atoms with E-state index in [-0.39, 0.29) is 10.8 Å². The van der Waals surface area contributed by atoms with E-state index >= 15 is 0 Å². The molecule has 0 radical (unpaired) electrons. The predicted molar refractivity (Wildman–Crippen MR) is 154 cm³/mol. The summed E-state index contributed by atoms with van der Waals surface area (Å²) in [6, 6.07) is 17.6. The van der Waals surface area contributed by atoms with Crippen molar-refractivity contribution in [1.29, 1.82) is 0 Å². The minimum atomic E-state index is 0.125.